The average Bonchev–Trinajstić information content (AvgIpc) is 3.01. The molecule has 0 N–H and O–H groups in total. The minimum Gasteiger partial charge on any atom is -0.497 e. The Labute approximate surface area is 170 Å². The number of hydrogen-bond acceptors (Lipinski definition) is 8. The summed E-state index contributed by atoms with van der Waals surface area (Å²) in [6.45, 7) is 0.645. The highest BCUT2D eigenvalue weighted by molar-refractivity contribution is 6.24. The van der Waals surface area contributed by atoms with E-state index in [1.165, 1.54) is 38.3 Å². The van der Waals surface area contributed by atoms with Gasteiger partial charge in [0.25, 0.3) is 17.5 Å². The van der Waals surface area contributed by atoms with Gasteiger partial charge >= 0.3 is 5.97 Å². The van der Waals surface area contributed by atoms with Crippen LogP contribution >= 0.6 is 0 Å². The van der Waals surface area contributed by atoms with E-state index in [-0.39, 0.29) is 16.7 Å². The third-order valence-corrected chi connectivity index (χ3v) is 4.61. The molecule has 2 aromatic carbocycles. The third kappa shape index (κ3) is 3.62. The fraction of sp³-hybridized carbons (Fsp3) is 0.200. The van der Waals surface area contributed by atoms with Crippen molar-refractivity contribution in [3.8, 4) is 5.75 Å². The van der Waals surface area contributed by atoms with Crippen LogP contribution < -0.4 is 4.74 Å². The molecule has 3 rings (SSSR count). The number of ether oxygens (including phenoxy) is 2. The van der Waals surface area contributed by atoms with Crippen LogP contribution in [-0.4, -0.2) is 53.1 Å². The molecule has 0 bridgehead atoms. The van der Waals surface area contributed by atoms with E-state index < -0.39 is 46.8 Å². The van der Waals surface area contributed by atoms with Gasteiger partial charge in [0, 0.05) is 11.6 Å². The smallest absolute Gasteiger partial charge is 0.329 e. The largest absolute Gasteiger partial charge is 0.497 e. The van der Waals surface area contributed by atoms with E-state index in [4.69, 9.17) is 9.47 Å². The van der Waals surface area contributed by atoms with E-state index in [1.54, 1.807) is 12.1 Å². The average molecular weight is 412 g/mol. The summed E-state index contributed by atoms with van der Waals surface area (Å²) >= 11 is 0. The van der Waals surface area contributed by atoms with Gasteiger partial charge in [-0.05, 0) is 37.3 Å². The molecule has 10 heteroatoms. The molecule has 2 amide bonds. The van der Waals surface area contributed by atoms with Gasteiger partial charge in [-0.2, -0.15) is 0 Å². The maximum Gasteiger partial charge on any atom is 0.329 e. The van der Waals surface area contributed by atoms with E-state index in [1.807, 2.05) is 0 Å². The van der Waals surface area contributed by atoms with Crippen LogP contribution in [0.25, 0.3) is 0 Å². The second-order valence-corrected chi connectivity index (χ2v) is 6.37. The first-order chi connectivity index (χ1) is 14.3. The number of benzene rings is 2. The molecule has 0 radical (unpaired) electrons. The molecule has 0 aromatic heterocycles. The molecule has 154 valence electrons. The summed E-state index contributed by atoms with van der Waals surface area (Å²) in [7, 11) is 1.48. The summed E-state index contributed by atoms with van der Waals surface area (Å²) in [4.78, 5) is 60.7. The summed E-state index contributed by atoms with van der Waals surface area (Å²) in [5.41, 5.74) is -0.777. The summed E-state index contributed by atoms with van der Waals surface area (Å²) in [6, 6.07) is 8.43. The van der Waals surface area contributed by atoms with Gasteiger partial charge in [0.2, 0.25) is 0 Å². The van der Waals surface area contributed by atoms with E-state index in [9.17, 15) is 29.3 Å². The molecule has 1 atom stereocenters. The normalized spacial score (nSPS) is 13.6. The van der Waals surface area contributed by atoms with Crippen molar-refractivity contribution in [2.75, 3.05) is 13.7 Å². The number of nitrogens with zero attached hydrogens (tertiary/aromatic N) is 2. The van der Waals surface area contributed by atoms with Crippen LogP contribution in [0.3, 0.4) is 0 Å². The van der Waals surface area contributed by atoms with Crippen LogP contribution in [0.4, 0.5) is 5.69 Å². The van der Waals surface area contributed by atoms with Crippen molar-refractivity contribution in [1.82, 2.24) is 4.90 Å². The van der Waals surface area contributed by atoms with Crippen molar-refractivity contribution in [3.05, 3.63) is 69.3 Å². The summed E-state index contributed by atoms with van der Waals surface area (Å²) in [6.07, 6.45) is 0. The summed E-state index contributed by atoms with van der Waals surface area (Å²) in [5, 5.41) is 11.2. The van der Waals surface area contributed by atoms with Gasteiger partial charge in [-0.25, -0.2) is 4.79 Å². The second-order valence-electron chi connectivity index (χ2n) is 6.37. The quantitative estimate of drug-likeness (QED) is 0.222. The van der Waals surface area contributed by atoms with E-state index >= 15 is 0 Å². The number of nitro benzene ring substituents is 1. The van der Waals surface area contributed by atoms with Gasteiger partial charge in [0.1, 0.15) is 17.4 Å². The molecule has 0 saturated heterocycles. The van der Waals surface area contributed by atoms with Crippen LogP contribution in [0.5, 0.6) is 5.75 Å². The predicted molar refractivity (Wildman–Crippen MR) is 101 cm³/mol. The number of carbonyl (C=O) groups is 4. The monoisotopic (exact) mass is 412 g/mol. The molecule has 10 nitrogen and oxygen atoms in total. The Kier molecular flexibility index (Phi) is 5.58. The van der Waals surface area contributed by atoms with Crippen LogP contribution in [-0.2, 0) is 9.53 Å². The fourth-order valence-corrected chi connectivity index (χ4v) is 3.01. The Morgan fingerprint density at radius 3 is 2.37 bits per heavy atom. The molecule has 1 aliphatic rings. The van der Waals surface area contributed by atoms with Gasteiger partial charge in [0.15, 0.2) is 12.4 Å². The molecule has 0 spiro atoms. The first kappa shape index (κ1) is 20.6. The van der Waals surface area contributed by atoms with Gasteiger partial charge < -0.3 is 9.47 Å². The predicted octanol–water partition coefficient (Wildman–Crippen LogP) is 2.01. The molecule has 0 saturated carbocycles. The number of rotatable bonds is 7. The first-order valence-corrected chi connectivity index (χ1v) is 8.75. The lowest BCUT2D eigenvalue weighted by atomic mass is 10.1. The number of esters is 1. The molecule has 1 aliphatic heterocycles. The van der Waals surface area contributed by atoms with Crippen LogP contribution in [0.15, 0.2) is 42.5 Å². The lowest BCUT2D eigenvalue weighted by Gasteiger charge is -2.20. The van der Waals surface area contributed by atoms with E-state index in [0.717, 1.165) is 6.07 Å². The lowest BCUT2D eigenvalue weighted by molar-refractivity contribution is -0.385. The zero-order chi connectivity index (χ0) is 22.0. The zero-order valence-corrected chi connectivity index (χ0v) is 16.0. The lowest BCUT2D eigenvalue weighted by Crippen LogP contribution is -2.44. The number of hydrogen-bond donors (Lipinski definition) is 0. The molecule has 30 heavy (non-hydrogen) atoms. The topological polar surface area (TPSA) is 133 Å². The highest BCUT2D eigenvalue weighted by Gasteiger charge is 2.45. The maximum absolute atomic E-state index is 12.6. The molecular weight excluding hydrogens is 396 g/mol. The Hall–Kier alpha value is -4.08. The highest BCUT2D eigenvalue weighted by Crippen LogP contribution is 2.32. The van der Waals surface area contributed by atoms with Gasteiger partial charge in [-0.3, -0.25) is 29.4 Å². The zero-order valence-electron chi connectivity index (χ0n) is 16.0. The minimum absolute atomic E-state index is 0.164. The number of nitro groups is 1. The maximum atomic E-state index is 12.6. The molecule has 2 aromatic rings. The number of amides is 2. The number of imide groups is 1. The van der Waals surface area contributed by atoms with Crippen molar-refractivity contribution in [2.45, 2.75) is 13.0 Å². The van der Waals surface area contributed by atoms with Crippen molar-refractivity contribution in [1.29, 1.82) is 0 Å². The summed E-state index contributed by atoms with van der Waals surface area (Å²) < 4.78 is 9.96. The molecule has 1 heterocycles. The number of methoxy groups -OCH3 is 1. The standard InChI is InChI=1S/C20H16N2O8/c1-11(20(26)30-10-16(23)12-6-8-13(29-2)9-7-12)21-18(24)14-4-3-5-15(22(27)28)17(14)19(21)25/h3-9,11H,10H2,1-2H3. The Bertz CT molecular complexity index is 1060. The molecular formula is C20H16N2O8. The van der Waals surface area contributed by atoms with Crippen molar-refractivity contribution in [2.24, 2.45) is 0 Å². The number of carbonyl (C=O) groups excluding carboxylic acids is 4. The minimum atomic E-state index is -1.37. The SMILES string of the molecule is COc1ccc(C(=O)COC(=O)C(C)N2C(=O)c3cccc([N+](=O)[O-])c3C2=O)cc1. The van der Waals surface area contributed by atoms with Gasteiger partial charge in [-0.15, -0.1) is 0 Å². The summed E-state index contributed by atoms with van der Waals surface area (Å²) in [5.74, 6) is -2.74. The van der Waals surface area contributed by atoms with Crippen molar-refractivity contribution < 1.29 is 33.6 Å². The fourth-order valence-electron chi connectivity index (χ4n) is 3.01. The molecule has 0 aliphatic carbocycles. The Balaban J connectivity index is 1.71. The Morgan fingerprint density at radius 1 is 1.10 bits per heavy atom. The van der Waals surface area contributed by atoms with E-state index in [2.05, 4.69) is 0 Å². The number of ketones is 1. The highest BCUT2D eigenvalue weighted by atomic mass is 16.6. The first-order valence-electron chi connectivity index (χ1n) is 8.75. The van der Waals surface area contributed by atoms with Gasteiger partial charge in [-0.1, -0.05) is 6.07 Å². The van der Waals surface area contributed by atoms with Crippen LogP contribution in [0.2, 0.25) is 0 Å². The molecule has 0 fully saturated rings. The van der Waals surface area contributed by atoms with Crippen LogP contribution in [0, 0.1) is 10.1 Å². The van der Waals surface area contributed by atoms with Crippen molar-refractivity contribution in [3.63, 3.8) is 0 Å². The number of Topliss-reactive ketones (excluding diaryl/α,β-unsaturated/α-hetero) is 1. The second kappa shape index (κ2) is 8.11. The van der Waals surface area contributed by atoms with Crippen molar-refractivity contribution >= 4 is 29.3 Å². The van der Waals surface area contributed by atoms with Gasteiger partial charge in [0.05, 0.1) is 17.6 Å². The number of fused-ring (bicyclic) bond motifs is 1. The van der Waals surface area contributed by atoms with E-state index in [0.29, 0.717) is 10.6 Å². The van der Waals surface area contributed by atoms with Crippen LogP contribution in [0.1, 0.15) is 38.0 Å². The Morgan fingerprint density at radius 2 is 1.77 bits per heavy atom. The molecule has 1 unspecified atom stereocenters. The third-order valence-electron chi connectivity index (χ3n) is 4.61.